The van der Waals surface area contributed by atoms with Crippen molar-refractivity contribution in [3.05, 3.63) is 46.7 Å². The number of rotatable bonds is 5. The molecule has 0 bridgehead atoms. The van der Waals surface area contributed by atoms with E-state index in [0.717, 1.165) is 11.4 Å². The van der Waals surface area contributed by atoms with Crippen molar-refractivity contribution < 1.29 is 14.7 Å². The average Bonchev–Trinajstić information content (AvgIpc) is 2.86. The van der Waals surface area contributed by atoms with E-state index in [4.69, 9.17) is 16.7 Å². The number of aryl methyl sites for hydroxylation is 1. The van der Waals surface area contributed by atoms with E-state index < -0.39 is 17.9 Å². The molecule has 2 rings (SSSR count). The zero-order valence-corrected chi connectivity index (χ0v) is 13.8. The minimum Gasteiger partial charge on any atom is -0.480 e. The minimum absolute atomic E-state index is 0.161. The van der Waals surface area contributed by atoms with Crippen LogP contribution in [-0.2, 0) is 4.79 Å². The number of carboxylic acids is 1. The van der Waals surface area contributed by atoms with Crippen LogP contribution in [0.5, 0.6) is 0 Å². The van der Waals surface area contributed by atoms with Crippen LogP contribution in [0.25, 0.3) is 5.69 Å². The van der Waals surface area contributed by atoms with Crippen LogP contribution in [0, 0.1) is 12.8 Å². The first kappa shape index (κ1) is 17.0. The molecule has 0 aliphatic carbocycles. The van der Waals surface area contributed by atoms with Gasteiger partial charge in [0.1, 0.15) is 6.04 Å². The second-order valence-corrected chi connectivity index (χ2v) is 6.03. The van der Waals surface area contributed by atoms with Crippen molar-refractivity contribution in [2.45, 2.75) is 26.8 Å². The molecule has 122 valence electrons. The summed E-state index contributed by atoms with van der Waals surface area (Å²) in [6.45, 7) is 5.27. The predicted octanol–water partition coefficient (Wildman–Crippen LogP) is 2.67. The molecule has 1 atom stereocenters. The lowest BCUT2D eigenvalue weighted by molar-refractivity contribution is -0.140. The Bertz CT molecular complexity index is 740. The van der Waals surface area contributed by atoms with E-state index in [1.165, 1.54) is 0 Å². The zero-order valence-electron chi connectivity index (χ0n) is 13.1. The number of aliphatic carboxylic acids is 1. The average molecular weight is 336 g/mol. The lowest BCUT2D eigenvalue weighted by Gasteiger charge is -2.16. The van der Waals surface area contributed by atoms with Gasteiger partial charge >= 0.3 is 5.97 Å². The largest absolute Gasteiger partial charge is 0.480 e. The lowest BCUT2D eigenvalue weighted by atomic mass is 10.0. The van der Waals surface area contributed by atoms with Gasteiger partial charge in [0, 0.05) is 10.7 Å². The van der Waals surface area contributed by atoms with Crippen LogP contribution in [0.3, 0.4) is 0 Å². The van der Waals surface area contributed by atoms with E-state index in [0.29, 0.717) is 5.02 Å². The third-order valence-corrected chi connectivity index (χ3v) is 3.63. The first-order valence-corrected chi connectivity index (χ1v) is 7.53. The summed E-state index contributed by atoms with van der Waals surface area (Å²) in [7, 11) is 0. The van der Waals surface area contributed by atoms with Gasteiger partial charge in [-0.1, -0.05) is 31.5 Å². The van der Waals surface area contributed by atoms with Crippen LogP contribution in [-0.4, -0.2) is 32.8 Å². The lowest BCUT2D eigenvalue weighted by Crippen LogP contribution is -2.44. The summed E-state index contributed by atoms with van der Waals surface area (Å²) >= 11 is 5.97. The highest BCUT2D eigenvalue weighted by Gasteiger charge is 2.25. The van der Waals surface area contributed by atoms with Gasteiger partial charge in [0.05, 0.1) is 5.69 Å². The molecule has 0 aliphatic heterocycles. The normalized spacial score (nSPS) is 12.2. The maximum absolute atomic E-state index is 12.3. The molecule has 0 saturated carbocycles. The Morgan fingerprint density at radius 2 is 2.00 bits per heavy atom. The highest BCUT2D eigenvalue weighted by Crippen LogP contribution is 2.17. The number of hydrogen-bond donors (Lipinski definition) is 2. The van der Waals surface area contributed by atoms with Crippen LogP contribution in [0.1, 0.15) is 30.0 Å². The molecule has 1 aromatic carbocycles. The number of benzene rings is 1. The van der Waals surface area contributed by atoms with Gasteiger partial charge in [-0.3, -0.25) is 4.79 Å². The summed E-state index contributed by atoms with van der Waals surface area (Å²) < 4.78 is 1.59. The number of aromatic nitrogens is 2. The number of halogens is 1. The van der Waals surface area contributed by atoms with Crippen molar-refractivity contribution in [2.75, 3.05) is 0 Å². The van der Waals surface area contributed by atoms with E-state index >= 15 is 0 Å². The van der Waals surface area contributed by atoms with Gasteiger partial charge in [0.25, 0.3) is 5.91 Å². The van der Waals surface area contributed by atoms with Crippen molar-refractivity contribution >= 4 is 23.5 Å². The second kappa shape index (κ2) is 6.83. The molecule has 6 nitrogen and oxygen atoms in total. The molecule has 0 saturated heterocycles. The molecular weight excluding hydrogens is 318 g/mol. The SMILES string of the molecule is Cc1cc(C(=O)NC(C(=O)O)C(C)C)nn1-c1cccc(Cl)c1. The molecule has 0 fully saturated rings. The fourth-order valence-electron chi connectivity index (χ4n) is 2.18. The van der Waals surface area contributed by atoms with E-state index in [9.17, 15) is 9.59 Å². The molecule has 1 aromatic heterocycles. The summed E-state index contributed by atoms with van der Waals surface area (Å²) in [5.41, 5.74) is 1.64. The number of nitrogens with zero attached hydrogens (tertiary/aromatic N) is 2. The summed E-state index contributed by atoms with van der Waals surface area (Å²) in [6, 6.07) is 7.74. The topological polar surface area (TPSA) is 84.2 Å². The number of carbonyl (C=O) groups excluding carboxylic acids is 1. The summed E-state index contributed by atoms with van der Waals surface area (Å²) in [5.74, 6) is -1.82. The van der Waals surface area contributed by atoms with Crippen LogP contribution < -0.4 is 5.32 Å². The molecule has 1 heterocycles. The third-order valence-electron chi connectivity index (χ3n) is 3.39. The monoisotopic (exact) mass is 335 g/mol. The van der Waals surface area contributed by atoms with Gasteiger partial charge in [-0.05, 0) is 37.1 Å². The molecule has 1 amide bonds. The predicted molar refractivity (Wildman–Crippen MR) is 87.0 cm³/mol. The minimum atomic E-state index is -1.07. The Morgan fingerprint density at radius 1 is 1.30 bits per heavy atom. The van der Waals surface area contributed by atoms with Gasteiger partial charge in [-0.15, -0.1) is 0 Å². The Balaban J connectivity index is 2.27. The first-order chi connectivity index (χ1) is 10.8. The molecule has 1 unspecified atom stereocenters. The Hall–Kier alpha value is -2.34. The molecule has 7 heteroatoms. The zero-order chi connectivity index (χ0) is 17.1. The molecule has 0 radical (unpaired) electrons. The first-order valence-electron chi connectivity index (χ1n) is 7.16. The fourth-order valence-corrected chi connectivity index (χ4v) is 2.37. The van der Waals surface area contributed by atoms with E-state index in [-0.39, 0.29) is 11.6 Å². The number of carbonyl (C=O) groups is 2. The molecular formula is C16H18ClN3O3. The highest BCUT2D eigenvalue weighted by molar-refractivity contribution is 6.30. The number of nitrogens with one attached hydrogen (secondary N) is 1. The van der Waals surface area contributed by atoms with Crippen LogP contribution >= 0.6 is 11.6 Å². The van der Waals surface area contributed by atoms with Crippen LogP contribution in [0.4, 0.5) is 0 Å². The number of carboxylic acid groups (broad SMARTS) is 1. The molecule has 23 heavy (non-hydrogen) atoms. The second-order valence-electron chi connectivity index (χ2n) is 5.60. The van der Waals surface area contributed by atoms with Gasteiger partial charge in [0.15, 0.2) is 5.69 Å². The fraction of sp³-hybridized carbons (Fsp3) is 0.312. The number of hydrogen-bond acceptors (Lipinski definition) is 3. The molecule has 0 spiro atoms. The van der Waals surface area contributed by atoms with E-state index in [1.807, 2.05) is 13.0 Å². The Kier molecular flexibility index (Phi) is 5.05. The van der Waals surface area contributed by atoms with E-state index in [1.54, 1.807) is 42.8 Å². The van der Waals surface area contributed by atoms with Gasteiger partial charge in [-0.2, -0.15) is 5.10 Å². The molecule has 0 aliphatic rings. The maximum atomic E-state index is 12.3. The van der Waals surface area contributed by atoms with Crippen molar-refractivity contribution in [3.8, 4) is 5.69 Å². The van der Waals surface area contributed by atoms with Gasteiger partial charge in [-0.25, -0.2) is 9.48 Å². The summed E-state index contributed by atoms with van der Waals surface area (Å²) in [4.78, 5) is 23.4. The van der Waals surface area contributed by atoms with Crippen LogP contribution in [0.15, 0.2) is 30.3 Å². The smallest absolute Gasteiger partial charge is 0.326 e. The summed E-state index contributed by atoms with van der Waals surface area (Å²) in [5, 5.41) is 16.5. The van der Waals surface area contributed by atoms with Crippen molar-refractivity contribution in [2.24, 2.45) is 5.92 Å². The van der Waals surface area contributed by atoms with Crippen molar-refractivity contribution in [3.63, 3.8) is 0 Å². The van der Waals surface area contributed by atoms with Crippen LogP contribution in [0.2, 0.25) is 5.02 Å². The molecule has 2 aromatic rings. The number of amides is 1. The Morgan fingerprint density at radius 3 is 2.57 bits per heavy atom. The molecule has 2 N–H and O–H groups in total. The van der Waals surface area contributed by atoms with Crippen molar-refractivity contribution in [1.82, 2.24) is 15.1 Å². The Labute approximate surface area is 139 Å². The quantitative estimate of drug-likeness (QED) is 0.879. The van der Waals surface area contributed by atoms with Crippen molar-refractivity contribution in [1.29, 1.82) is 0 Å². The van der Waals surface area contributed by atoms with E-state index in [2.05, 4.69) is 10.4 Å². The maximum Gasteiger partial charge on any atom is 0.326 e. The van der Waals surface area contributed by atoms with Gasteiger partial charge < -0.3 is 10.4 Å². The third kappa shape index (κ3) is 3.90. The standard InChI is InChI=1S/C16H18ClN3O3/c1-9(2)14(16(22)23)18-15(21)13-7-10(3)20(19-13)12-6-4-5-11(17)8-12/h4-9,14H,1-3H3,(H,18,21)(H,22,23). The summed E-state index contributed by atoms with van der Waals surface area (Å²) in [6.07, 6.45) is 0. The highest BCUT2D eigenvalue weighted by atomic mass is 35.5. The van der Waals surface area contributed by atoms with Gasteiger partial charge in [0.2, 0.25) is 0 Å².